The molecule has 94 valence electrons. The maximum atomic E-state index is 9.88. The van der Waals surface area contributed by atoms with Crippen molar-refractivity contribution in [1.82, 2.24) is 0 Å². The van der Waals surface area contributed by atoms with Crippen LogP contribution in [0.4, 0.5) is 0 Å². The zero-order chi connectivity index (χ0) is 12.6. The summed E-state index contributed by atoms with van der Waals surface area (Å²) in [5.41, 5.74) is 2.44. The minimum atomic E-state index is -0.223. The van der Waals surface area contributed by atoms with Crippen molar-refractivity contribution >= 4 is 0 Å². The normalized spacial score (nSPS) is 60.2. The second kappa shape index (κ2) is 2.34. The van der Waals surface area contributed by atoms with Crippen LogP contribution in [0.1, 0.15) is 23.0 Å². The summed E-state index contributed by atoms with van der Waals surface area (Å²) in [6, 6.07) is 11.2. The Morgan fingerprint density at radius 2 is 2.05 bits per heavy atom. The van der Waals surface area contributed by atoms with Gasteiger partial charge in [-0.25, -0.2) is 0 Å². The van der Waals surface area contributed by atoms with Gasteiger partial charge in [-0.05, 0) is 17.0 Å². The molecule has 3 nitrogen and oxygen atoms in total. The summed E-state index contributed by atoms with van der Waals surface area (Å²) in [5, 5.41) is 19.7. The van der Waals surface area contributed by atoms with Gasteiger partial charge in [0.2, 0.25) is 0 Å². The third-order valence-corrected chi connectivity index (χ3v) is 7.04. The lowest BCUT2D eigenvalue weighted by Crippen LogP contribution is -2.85. The molecule has 0 bridgehead atoms. The maximum Gasteiger partial charge on any atom is 0.0769 e. The van der Waals surface area contributed by atoms with Gasteiger partial charge in [-0.15, -0.1) is 0 Å². The lowest BCUT2D eigenvalue weighted by atomic mass is 9.17. The number of rotatable bonds is 1. The molecule has 1 heterocycles. The van der Waals surface area contributed by atoms with Crippen LogP contribution in [0.5, 0.6) is 0 Å². The lowest BCUT2D eigenvalue weighted by molar-refractivity contribution is -0.314. The first kappa shape index (κ1) is 9.52. The smallest absolute Gasteiger partial charge is 0.0769 e. The first-order valence-corrected chi connectivity index (χ1v) is 7.08. The Morgan fingerprint density at radius 3 is 2.79 bits per heavy atom. The van der Waals surface area contributed by atoms with Gasteiger partial charge in [-0.3, -0.25) is 0 Å². The van der Waals surface area contributed by atoms with Crippen molar-refractivity contribution < 1.29 is 9.84 Å². The van der Waals surface area contributed by atoms with Crippen molar-refractivity contribution in [2.75, 3.05) is 6.61 Å². The minimum absolute atomic E-state index is 0.0743. The second-order valence-electron chi connectivity index (χ2n) is 6.92. The van der Waals surface area contributed by atoms with E-state index in [-0.39, 0.29) is 35.6 Å². The number of fused-ring (bicyclic) bond motifs is 5. The van der Waals surface area contributed by atoms with Crippen molar-refractivity contribution in [3.63, 3.8) is 0 Å². The van der Waals surface area contributed by atoms with Gasteiger partial charge in [-0.2, -0.15) is 5.26 Å². The van der Waals surface area contributed by atoms with Crippen LogP contribution < -0.4 is 0 Å². The fraction of sp³-hybridized carbons (Fsp3) is 0.562. The average Bonchev–Trinajstić information content (AvgIpc) is 2.63. The van der Waals surface area contributed by atoms with Gasteiger partial charge in [0, 0.05) is 23.2 Å². The minimum Gasteiger partial charge on any atom is -0.396 e. The van der Waals surface area contributed by atoms with E-state index in [2.05, 4.69) is 30.3 Å². The highest BCUT2D eigenvalue weighted by atomic mass is 16.5. The second-order valence-corrected chi connectivity index (χ2v) is 6.92. The molecule has 1 N–H and O–H groups in total. The summed E-state index contributed by atoms with van der Waals surface area (Å²) in [7, 11) is 0. The standard InChI is InChI=1S/C16H13NO2/c17-5-15-10-8-4-2-1-3-7(8)9-12(15)16(6-18)13(15)11(10)19-14(9)16/h1-4,9-14,18H,6H2/t9-,10-,11+,12-,13+,14-,15+,16-/m1/s1. The van der Waals surface area contributed by atoms with E-state index in [4.69, 9.17) is 4.74 Å². The Hall–Kier alpha value is -1.37. The lowest BCUT2D eigenvalue weighted by Gasteiger charge is -2.82. The number of ether oxygens (including phenoxy) is 1. The van der Waals surface area contributed by atoms with Gasteiger partial charge in [0.05, 0.1) is 30.3 Å². The predicted octanol–water partition coefficient (Wildman–Crippen LogP) is 1.40. The quantitative estimate of drug-likeness (QED) is 0.820. The van der Waals surface area contributed by atoms with E-state index in [0.717, 1.165) is 0 Å². The van der Waals surface area contributed by atoms with Crippen LogP contribution in [0.2, 0.25) is 0 Å². The first-order chi connectivity index (χ1) is 9.32. The molecule has 3 heteroatoms. The number of aliphatic hydroxyl groups excluding tert-OH is 1. The fourth-order valence-electron chi connectivity index (χ4n) is 6.77. The van der Waals surface area contributed by atoms with E-state index >= 15 is 0 Å². The molecular weight excluding hydrogens is 238 g/mol. The molecule has 0 unspecified atom stereocenters. The maximum absolute atomic E-state index is 9.88. The van der Waals surface area contributed by atoms with E-state index in [1.807, 2.05) is 0 Å². The molecular formula is C16H13NO2. The van der Waals surface area contributed by atoms with Crippen molar-refractivity contribution in [3.05, 3.63) is 35.4 Å². The van der Waals surface area contributed by atoms with Gasteiger partial charge < -0.3 is 9.84 Å². The topological polar surface area (TPSA) is 53.2 Å². The number of benzene rings is 1. The van der Waals surface area contributed by atoms with Crippen LogP contribution in [0.15, 0.2) is 24.3 Å². The van der Waals surface area contributed by atoms with Gasteiger partial charge >= 0.3 is 0 Å². The Kier molecular flexibility index (Phi) is 1.17. The highest BCUT2D eigenvalue weighted by Gasteiger charge is 2.97. The van der Waals surface area contributed by atoms with Crippen LogP contribution in [0.3, 0.4) is 0 Å². The summed E-state index contributed by atoms with van der Waals surface area (Å²) in [5.74, 6) is 1.23. The van der Waals surface area contributed by atoms with E-state index in [1.165, 1.54) is 11.1 Å². The Balaban J connectivity index is 1.70. The molecule has 3 saturated carbocycles. The van der Waals surface area contributed by atoms with Crippen LogP contribution >= 0.6 is 0 Å². The largest absolute Gasteiger partial charge is 0.396 e. The Morgan fingerprint density at radius 1 is 1.26 bits per heavy atom. The van der Waals surface area contributed by atoms with Crippen LogP contribution in [0.25, 0.3) is 0 Å². The van der Waals surface area contributed by atoms with E-state index in [9.17, 15) is 10.4 Å². The van der Waals surface area contributed by atoms with E-state index in [1.54, 1.807) is 0 Å². The highest BCUT2D eigenvalue weighted by Crippen LogP contribution is 2.94. The van der Waals surface area contributed by atoms with Crippen molar-refractivity contribution in [1.29, 1.82) is 5.26 Å². The summed E-state index contributed by atoms with van der Waals surface area (Å²) in [6.45, 7) is 0.193. The first-order valence-electron chi connectivity index (χ1n) is 7.08. The zero-order valence-corrected chi connectivity index (χ0v) is 10.3. The number of hydrogen-bond donors (Lipinski definition) is 1. The SMILES string of the molecule is N#C[C@@]12[C@@H]3c4ccccc4[C@H]4[C@H]5O[C@@H]3[C@@H]1[C@@]5(CO)[C@H]42. The van der Waals surface area contributed by atoms with Crippen molar-refractivity contribution in [2.45, 2.75) is 24.0 Å². The van der Waals surface area contributed by atoms with E-state index < -0.39 is 0 Å². The molecule has 1 aromatic carbocycles. The molecule has 4 fully saturated rings. The van der Waals surface area contributed by atoms with Crippen LogP contribution in [0, 0.1) is 34.0 Å². The van der Waals surface area contributed by atoms with Crippen molar-refractivity contribution in [3.8, 4) is 6.07 Å². The summed E-state index contributed by atoms with van der Waals surface area (Å²) >= 11 is 0. The zero-order valence-electron chi connectivity index (χ0n) is 10.3. The predicted molar refractivity (Wildman–Crippen MR) is 65.1 cm³/mol. The summed E-state index contributed by atoms with van der Waals surface area (Å²) in [4.78, 5) is 0. The van der Waals surface area contributed by atoms with Gasteiger partial charge in [0.15, 0.2) is 0 Å². The number of hydrogen-bond acceptors (Lipinski definition) is 3. The number of nitrogens with zero attached hydrogens (tertiary/aromatic N) is 1. The van der Waals surface area contributed by atoms with Gasteiger partial charge in [-0.1, -0.05) is 24.3 Å². The Bertz CT molecular complexity index is 694. The summed E-state index contributed by atoms with van der Waals surface area (Å²) < 4.78 is 6.26. The fourth-order valence-corrected chi connectivity index (χ4v) is 6.77. The number of aliphatic hydroxyl groups is 1. The van der Waals surface area contributed by atoms with E-state index in [0.29, 0.717) is 17.8 Å². The highest BCUT2D eigenvalue weighted by molar-refractivity contribution is 5.60. The third-order valence-electron chi connectivity index (χ3n) is 7.04. The molecule has 5 aliphatic rings. The third kappa shape index (κ3) is 0.561. The molecule has 1 aliphatic heterocycles. The van der Waals surface area contributed by atoms with Crippen LogP contribution in [-0.4, -0.2) is 23.9 Å². The monoisotopic (exact) mass is 251 g/mol. The Labute approximate surface area is 110 Å². The molecule has 19 heavy (non-hydrogen) atoms. The molecule has 4 aliphatic carbocycles. The summed E-state index contributed by atoms with van der Waals surface area (Å²) in [6.07, 6.45) is 0.342. The van der Waals surface area contributed by atoms with Gasteiger partial charge in [0.25, 0.3) is 0 Å². The molecule has 0 radical (unpaired) electrons. The number of nitriles is 1. The molecule has 0 amide bonds. The molecule has 1 saturated heterocycles. The van der Waals surface area contributed by atoms with Crippen LogP contribution in [-0.2, 0) is 4.74 Å². The average molecular weight is 251 g/mol. The molecule has 8 atom stereocenters. The molecule has 0 aromatic heterocycles. The molecule has 6 rings (SSSR count). The molecule has 1 aromatic rings. The molecule has 0 spiro atoms. The van der Waals surface area contributed by atoms with Gasteiger partial charge in [0.1, 0.15) is 0 Å². The van der Waals surface area contributed by atoms with Crippen molar-refractivity contribution in [2.24, 2.45) is 22.7 Å².